The predicted molar refractivity (Wildman–Crippen MR) is 179 cm³/mol. The highest BCUT2D eigenvalue weighted by molar-refractivity contribution is 5.90. The highest BCUT2D eigenvalue weighted by Gasteiger charge is 2.51. The lowest BCUT2D eigenvalue weighted by Crippen LogP contribution is -3.04. The van der Waals surface area contributed by atoms with Gasteiger partial charge in [0.2, 0.25) is 12.0 Å². The summed E-state index contributed by atoms with van der Waals surface area (Å²) in [6.45, 7) is 1.13. The van der Waals surface area contributed by atoms with Crippen LogP contribution in [0.3, 0.4) is 0 Å². The minimum absolute atomic E-state index is 0.0280. The molecule has 7 rings (SSSR count). The van der Waals surface area contributed by atoms with E-state index < -0.39 is 67.4 Å². The molecule has 0 saturated carbocycles. The van der Waals surface area contributed by atoms with Gasteiger partial charge < -0.3 is 70.2 Å². The van der Waals surface area contributed by atoms with E-state index >= 15 is 0 Å². The minimum Gasteiger partial charge on any atom is -0.493 e. The van der Waals surface area contributed by atoms with E-state index in [4.69, 9.17) is 49.7 Å². The summed E-state index contributed by atoms with van der Waals surface area (Å²) < 4.78 is 41.5. The van der Waals surface area contributed by atoms with E-state index in [-0.39, 0.29) is 31.5 Å². The van der Waals surface area contributed by atoms with Crippen LogP contribution in [-0.4, -0.2) is 120 Å². The van der Waals surface area contributed by atoms with Gasteiger partial charge in [-0.1, -0.05) is 6.07 Å². The molecule has 2 aromatic carbocycles. The maximum Gasteiger partial charge on any atom is 0.317 e. The average molecular weight is 742 g/mol. The molecule has 18 heteroatoms. The standard InChI is InChI=1S/C35H40N4O14/c1-47-21-3-2-18-19-14-49-22-9-17(50-35-28(46)26(44)27(45)32(53-35)33(34(36)37)51-24(43)10-23(41)42)8-16(12-39-11-15-4-5-38-20(15)13-39)25(22)29(19)52-30(18)31(21)48-7-6-40/h2-5,8-9,13,19,26-29,32-35,40,44-46H,6-7,10-12,14,36-37H2,1H3,(H,41,42)/p+1. The van der Waals surface area contributed by atoms with Crippen molar-refractivity contribution in [3.63, 3.8) is 0 Å². The van der Waals surface area contributed by atoms with Crippen molar-refractivity contribution in [2.45, 2.75) is 68.0 Å². The van der Waals surface area contributed by atoms with Crippen molar-refractivity contribution in [3.8, 4) is 28.7 Å². The second-order valence-corrected chi connectivity index (χ2v) is 13.2. The first-order valence-corrected chi connectivity index (χ1v) is 17.0. The van der Waals surface area contributed by atoms with Crippen LogP contribution < -0.4 is 40.1 Å². The lowest BCUT2D eigenvalue weighted by molar-refractivity contribution is -0.851. The van der Waals surface area contributed by atoms with Gasteiger partial charge in [0, 0.05) is 34.5 Å². The van der Waals surface area contributed by atoms with Crippen LogP contribution in [0.15, 0.2) is 52.8 Å². The molecule has 0 radical (unpaired) electrons. The fraction of sp³-hybridized carbons (Fsp3) is 0.457. The van der Waals surface area contributed by atoms with Gasteiger partial charge >= 0.3 is 11.9 Å². The van der Waals surface area contributed by atoms with Crippen LogP contribution >= 0.6 is 0 Å². The number of carboxylic acids is 1. The van der Waals surface area contributed by atoms with E-state index in [2.05, 4.69) is 4.99 Å². The molecule has 0 aromatic heterocycles. The van der Waals surface area contributed by atoms with E-state index in [0.717, 1.165) is 32.9 Å². The summed E-state index contributed by atoms with van der Waals surface area (Å²) in [4.78, 5) is 28.7. The summed E-state index contributed by atoms with van der Waals surface area (Å²) >= 11 is 0. The number of nitrogens with zero attached hydrogens (tertiary/aromatic N) is 1. The molecule has 284 valence electrons. The molecule has 1 fully saturated rings. The monoisotopic (exact) mass is 741 g/mol. The van der Waals surface area contributed by atoms with E-state index in [1.54, 1.807) is 24.4 Å². The summed E-state index contributed by atoms with van der Waals surface area (Å²) in [5.74, 6) is -1.04. The number of allylic oxidation sites excluding steroid dienone is 1. The third-order valence-electron chi connectivity index (χ3n) is 9.70. The number of carbonyl (C=O) groups is 2. The number of nitrogens with one attached hydrogen (secondary N) is 1. The molecule has 9 unspecified atom stereocenters. The van der Waals surface area contributed by atoms with Crippen LogP contribution in [0.1, 0.15) is 35.1 Å². The van der Waals surface area contributed by atoms with Gasteiger partial charge in [-0.25, -0.2) is 0 Å². The lowest BCUT2D eigenvalue weighted by atomic mass is 9.86. The van der Waals surface area contributed by atoms with Crippen LogP contribution in [0.4, 0.5) is 0 Å². The second-order valence-electron chi connectivity index (χ2n) is 13.2. The van der Waals surface area contributed by atoms with E-state index in [1.807, 2.05) is 18.3 Å². The molecular formula is C35H41N4O14+. The van der Waals surface area contributed by atoms with Gasteiger partial charge in [0.05, 0.1) is 32.4 Å². The number of esters is 1. The Balaban J connectivity index is 1.21. The van der Waals surface area contributed by atoms with Crippen LogP contribution in [0.5, 0.6) is 28.7 Å². The van der Waals surface area contributed by atoms with Crippen molar-refractivity contribution < 1.29 is 73.2 Å². The Morgan fingerprint density at radius 3 is 2.66 bits per heavy atom. The molecule has 5 aliphatic rings. The van der Waals surface area contributed by atoms with Gasteiger partial charge in [0.1, 0.15) is 80.0 Å². The lowest BCUT2D eigenvalue weighted by Gasteiger charge is -2.43. The molecule has 10 N–H and O–H groups in total. The Bertz CT molecular complexity index is 1850. The number of carboxylic acid groups (broad SMARTS) is 1. The summed E-state index contributed by atoms with van der Waals surface area (Å²) in [5.41, 5.74) is 16.0. The largest absolute Gasteiger partial charge is 0.493 e. The molecule has 0 bridgehead atoms. The summed E-state index contributed by atoms with van der Waals surface area (Å²) in [5, 5.41) is 51.0. The van der Waals surface area contributed by atoms with Gasteiger partial charge in [-0.15, -0.1) is 0 Å². The SMILES string of the molecule is COc1ccc2c(c1OCCO)OC1c3c(C[NH+]4C=C5N=CC=C5C4)cc(OC4OC(C(OC(=O)CC(=O)O)C(N)N)C(O)C(O)C4O)cc3OCC21. The van der Waals surface area contributed by atoms with Crippen molar-refractivity contribution in [1.29, 1.82) is 0 Å². The van der Waals surface area contributed by atoms with Crippen LogP contribution in [0.2, 0.25) is 0 Å². The third kappa shape index (κ3) is 7.02. The number of aliphatic hydroxyl groups is 4. The average Bonchev–Trinajstić information content (AvgIpc) is 3.83. The highest BCUT2D eigenvalue weighted by Crippen LogP contribution is 2.57. The quantitative estimate of drug-likeness (QED) is 0.0612. The van der Waals surface area contributed by atoms with Gasteiger partial charge in [-0.05, 0) is 18.2 Å². The van der Waals surface area contributed by atoms with Gasteiger partial charge in [0.15, 0.2) is 17.6 Å². The molecule has 1 saturated heterocycles. The Hall–Kier alpha value is -4.79. The summed E-state index contributed by atoms with van der Waals surface area (Å²) in [6, 6.07) is 7.00. The van der Waals surface area contributed by atoms with Crippen LogP contribution in [0, 0.1) is 0 Å². The summed E-state index contributed by atoms with van der Waals surface area (Å²) in [6.07, 6.45) is -7.69. The first-order valence-electron chi connectivity index (χ1n) is 17.0. The van der Waals surface area contributed by atoms with Gasteiger partial charge in [0.25, 0.3) is 0 Å². The predicted octanol–water partition coefficient (Wildman–Crippen LogP) is -2.26. The maximum atomic E-state index is 12.2. The number of aliphatic carboxylic acids is 1. The van der Waals surface area contributed by atoms with E-state index in [1.165, 1.54) is 7.11 Å². The van der Waals surface area contributed by atoms with Crippen molar-refractivity contribution in [3.05, 3.63) is 64.5 Å². The number of methoxy groups -OCH3 is 1. The number of ether oxygens (including phenoxy) is 7. The van der Waals surface area contributed by atoms with Gasteiger partial charge in [-0.3, -0.25) is 19.5 Å². The number of benzene rings is 2. The van der Waals surface area contributed by atoms with E-state index in [9.17, 15) is 30.0 Å². The molecule has 18 nitrogen and oxygen atoms in total. The number of nitrogens with two attached hydrogens (primary N) is 2. The number of fused-ring (bicyclic) bond motifs is 6. The van der Waals surface area contributed by atoms with Crippen LogP contribution in [0.25, 0.3) is 0 Å². The maximum absolute atomic E-state index is 12.2. The normalized spacial score (nSPS) is 28.4. The zero-order valence-electron chi connectivity index (χ0n) is 28.5. The Kier molecular flexibility index (Phi) is 10.3. The number of carbonyl (C=O) groups excluding carboxylic acids is 1. The minimum atomic E-state index is -1.87. The topological polar surface area (TPSA) is 269 Å². The third-order valence-corrected chi connectivity index (χ3v) is 9.70. The molecule has 2 aromatic rings. The van der Waals surface area contributed by atoms with Crippen molar-refractivity contribution in [1.82, 2.24) is 0 Å². The highest BCUT2D eigenvalue weighted by atomic mass is 16.7. The first-order chi connectivity index (χ1) is 25.5. The zero-order chi connectivity index (χ0) is 37.6. The summed E-state index contributed by atoms with van der Waals surface area (Å²) in [7, 11) is 1.52. The Labute approximate surface area is 302 Å². The number of quaternary nitrogens is 1. The number of hydrogen-bond acceptors (Lipinski definition) is 16. The van der Waals surface area contributed by atoms with Gasteiger partial charge in [-0.2, -0.15) is 0 Å². The molecule has 0 spiro atoms. The molecule has 0 aliphatic carbocycles. The fourth-order valence-corrected chi connectivity index (χ4v) is 7.28. The van der Waals surface area contributed by atoms with Crippen molar-refractivity contribution in [2.75, 3.05) is 33.5 Å². The Morgan fingerprint density at radius 1 is 1.13 bits per heavy atom. The number of rotatable bonds is 13. The van der Waals surface area contributed by atoms with Crippen molar-refractivity contribution in [2.24, 2.45) is 16.5 Å². The first kappa shape index (κ1) is 36.6. The smallest absolute Gasteiger partial charge is 0.317 e. The second kappa shape index (κ2) is 14.9. The van der Waals surface area contributed by atoms with Crippen molar-refractivity contribution >= 4 is 18.2 Å². The molecule has 0 amide bonds. The van der Waals surface area contributed by atoms with Crippen LogP contribution in [-0.2, 0) is 25.6 Å². The molecule has 5 aliphatic heterocycles. The molecular weight excluding hydrogens is 700 g/mol. The Morgan fingerprint density at radius 2 is 1.94 bits per heavy atom. The number of aliphatic imine (C=N–C) groups is 1. The number of aliphatic hydroxyl groups excluding tert-OH is 4. The molecule has 5 heterocycles. The number of hydrogen-bond donors (Lipinski definition) is 8. The molecule has 53 heavy (non-hydrogen) atoms. The van der Waals surface area contributed by atoms with E-state index in [0.29, 0.717) is 36.1 Å². The zero-order valence-corrected chi connectivity index (χ0v) is 28.5. The fourth-order valence-electron chi connectivity index (χ4n) is 7.28. The molecule has 9 atom stereocenters.